The van der Waals surface area contributed by atoms with Crippen molar-refractivity contribution in [3.63, 3.8) is 0 Å². The number of hydrogen-bond donors (Lipinski definition) is 3. The molecule has 0 atom stereocenters. The summed E-state index contributed by atoms with van der Waals surface area (Å²) in [6, 6.07) is 10.3. The van der Waals surface area contributed by atoms with Crippen molar-refractivity contribution in [3.8, 4) is 33.1 Å². The fourth-order valence-corrected chi connectivity index (χ4v) is 4.72. The maximum atomic E-state index is 5.90. The normalized spacial score (nSPS) is 11.5. The highest BCUT2D eigenvalue weighted by Crippen LogP contribution is 2.36. The van der Waals surface area contributed by atoms with Gasteiger partial charge >= 0.3 is 0 Å². The van der Waals surface area contributed by atoms with Gasteiger partial charge in [0.15, 0.2) is 0 Å². The average Bonchev–Trinajstić information content (AvgIpc) is 3.50. The number of rotatable bonds is 3. The van der Waals surface area contributed by atoms with E-state index in [9.17, 15) is 0 Å². The van der Waals surface area contributed by atoms with Gasteiger partial charge in [0, 0.05) is 50.2 Å². The molecule has 31 heavy (non-hydrogen) atoms. The lowest BCUT2D eigenvalue weighted by atomic mass is 10.1. The summed E-state index contributed by atoms with van der Waals surface area (Å²) in [5.41, 5.74) is 12.9. The van der Waals surface area contributed by atoms with Gasteiger partial charge in [0.25, 0.3) is 0 Å². The van der Waals surface area contributed by atoms with Gasteiger partial charge in [-0.1, -0.05) is 0 Å². The van der Waals surface area contributed by atoms with Crippen LogP contribution in [-0.2, 0) is 0 Å². The first-order valence-electron chi connectivity index (χ1n) is 9.74. The van der Waals surface area contributed by atoms with Crippen molar-refractivity contribution in [1.29, 1.82) is 0 Å². The molecule has 0 unspecified atom stereocenters. The molecule has 6 rings (SSSR count). The van der Waals surface area contributed by atoms with Crippen LogP contribution in [0.25, 0.3) is 54.9 Å². The highest BCUT2D eigenvalue weighted by Gasteiger charge is 2.15. The number of nitrogens with one attached hydrogen (secondary N) is 2. The average molecular weight is 424 g/mol. The number of anilines is 1. The van der Waals surface area contributed by atoms with E-state index in [1.165, 1.54) is 9.75 Å². The summed E-state index contributed by atoms with van der Waals surface area (Å²) in [5.74, 6) is 0. The van der Waals surface area contributed by atoms with Crippen molar-refractivity contribution in [2.75, 3.05) is 5.73 Å². The van der Waals surface area contributed by atoms with Crippen molar-refractivity contribution in [3.05, 3.63) is 66.2 Å². The Balaban J connectivity index is 1.51. The molecular formula is C23H17N7S. The molecule has 0 saturated heterocycles. The summed E-state index contributed by atoms with van der Waals surface area (Å²) < 4.78 is 0. The lowest BCUT2D eigenvalue weighted by molar-refractivity contribution is 1.11. The van der Waals surface area contributed by atoms with E-state index in [-0.39, 0.29) is 0 Å². The molecule has 0 saturated carbocycles. The van der Waals surface area contributed by atoms with Crippen LogP contribution >= 0.6 is 11.3 Å². The first-order valence-corrected chi connectivity index (χ1v) is 10.6. The van der Waals surface area contributed by atoms with Crippen LogP contribution < -0.4 is 5.73 Å². The molecule has 7 nitrogen and oxygen atoms in total. The molecule has 0 aromatic carbocycles. The molecule has 6 heterocycles. The minimum absolute atomic E-state index is 0.603. The van der Waals surface area contributed by atoms with Crippen LogP contribution in [0.5, 0.6) is 0 Å². The number of aromatic amines is 2. The van der Waals surface area contributed by atoms with Crippen molar-refractivity contribution >= 4 is 38.8 Å². The Morgan fingerprint density at radius 2 is 1.81 bits per heavy atom. The Bertz CT molecular complexity index is 1570. The van der Waals surface area contributed by atoms with Gasteiger partial charge in [-0.25, -0.2) is 0 Å². The molecule has 0 amide bonds. The van der Waals surface area contributed by atoms with Gasteiger partial charge in [-0.3, -0.25) is 20.1 Å². The van der Waals surface area contributed by atoms with Crippen molar-refractivity contribution in [1.82, 2.24) is 30.1 Å². The van der Waals surface area contributed by atoms with Gasteiger partial charge in [-0.2, -0.15) is 5.10 Å². The van der Waals surface area contributed by atoms with E-state index in [1.54, 1.807) is 29.9 Å². The first-order chi connectivity index (χ1) is 15.2. The topological polar surface area (TPSA) is 109 Å². The number of hydrogen-bond acceptors (Lipinski definition) is 6. The summed E-state index contributed by atoms with van der Waals surface area (Å²) in [6.45, 7) is 2.11. The summed E-state index contributed by atoms with van der Waals surface area (Å²) in [7, 11) is 0. The van der Waals surface area contributed by atoms with E-state index in [4.69, 9.17) is 5.73 Å². The third-order valence-electron chi connectivity index (χ3n) is 5.31. The minimum Gasteiger partial charge on any atom is -0.397 e. The molecule has 0 aliphatic carbocycles. The van der Waals surface area contributed by atoms with E-state index in [1.807, 2.05) is 24.5 Å². The second-order valence-electron chi connectivity index (χ2n) is 7.44. The maximum absolute atomic E-state index is 5.90. The van der Waals surface area contributed by atoms with Gasteiger partial charge in [-0.05, 0) is 37.3 Å². The number of aryl methyl sites for hydroxylation is 1. The number of nitrogens with two attached hydrogens (primary N) is 1. The summed E-state index contributed by atoms with van der Waals surface area (Å²) in [5, 5.41) is 9.74. The predicted octanol–water partition coefficient (Wildman–Crippen LogP) is 5.18. The number of pyridine rings is 3. The van der Waals surface area contributed by atoms with Crippen molar-refractivity contribution in [2.24, 2.45) is 0 Å². The van der Waals surface area contributed by atoms with E-state index in [0.29, 0.717) is 5.69 Å². The van der Waals surface area contributed by atoms with E-state index < -0.39 is 0 Å². The molecule has 8 heteroatoms. The van der Waals surface area contributed by atoms with Crippen LogP contribution in [0.2, 0.25) is 0 Å². The number of nitrogen functional groups attached to an aromatic ring is 1. The summed E-state index contributed by atoms with van der Waals surface area (Å²) in [6.07, 6.45) is 8.94. The zero-order valence-electron chi connectivity index (χ0n) is 16.5. The highest BCUT2D eigenvalue weighted by atomic mass is 32.1. The van der Waals surface area contributed by atoms with Crippen LogP contribution in [0.15, 0.2) is 61.3 Å². The van der Waals surface area contributed by atoms with Gasteiger partial charge in [0.2, 0.25) is 0 Å². The van der Waals surface area contributed by atoms with Gasteiger partial charge in [0.05, 0.1) is 40.5 Å². The number of aromatic nitrogens is 6. The summed E-state index contributed by atoms with van der Waals surface area (Å²) >= 11 is 1.77. The molecule has 0 aliphatic heterocycles. The lowest BCUT2D eigenvalue weighted by Crippen LogP contribution is -1.89. The second-order valence-corrected chi connectivity index (χ2v) is 8.72. The maximum Gasteiger partial charge on any atom is 0.116 e. The fourth-order valence-electron chi connectivity index (χ4n) is 3.83. The second kappa shape index (κ2) is 6.75. The Morgan fingerprint density at radius 1 is 0.903 bits per heavy atom. The molecule has 4 N–H and O–H groups in total. The van der Waals surface area contributed by atoms with Crippen LogP contribution in [-0.4, -0.2) is 30.1 Å². The summed E-state index contributed by atoms with van der Waals surface area (Å²) in [4.78, 5) is 19.1. The number of thiophene rings is 1. The molecule has 0 bridgehead atoms. The molecule has 6 aromatic rings. The third kappa shape index (κ3) is 2.96. The molecule has 6 aromatic heterocycles. The zero-order chi connectivity index (χ0) is 20.9. The highest BCUT2D eigenvalue weighted by molar-refractivity contribution is 7.15. The predicted molar refractivity (Wildman–Crippen MR) is 125 cm³/mol. The Morgan fingerprint density at radius 3 is 2.65 bits per heavy atom. The van der Waals surface area contributed by atoms with E-state index in [0.717, 1.165) is 50.0 Å². The molecular weight excluding hydrogens is 406 g/mol. The van der Waals surface area contributed by atoms with Crippen LogP contribution in [0.1, 0.15) is 4.88 Å². The zero-order valence-corrected chi connectivity index (χ0v) is 17.4. The molecule has 0 fully saturated rings. The number of H-pyrrole nitrogens is 2. The Hall–Kier alpha value is -4.04. The molecule has 0 aliphatic rings. The molecule has 150 valence electrons. The molecule has 0 spiro atoms. The van der Waals surface area contributed by atoms with Crippen molar-refractivity contribution in [2.45, 2.75) is 6.92 Å². The van der Waals surface area contributed by atoms with E-state index >= 15 is 0 Å². The standard InChI is InChI=1S/C23H17N7S/c1-12-2-3-22(31-12)17-9-26-10-20-15(17)5-19(28-20)23-16-6-18(27-11-21(16)29-30-23)13-4-14(24)8-25-7-13/h2-11,28H,24H2,1H3,(H,29,30). The first kappa shape index (κ1) is 17.8. The Kier molecular flexibility index (Phi) is 3.87. The quantitative estimate of drug-likeness (QED) is 0.363. The monoisotopic (exact) mass is 423 g/mol. The number of nitrogens with zero attached hydrogens (tertiary/aromatic N) is 4. The third-order valence-corrected chi connectivity index (χ3v) is 6.34. The van der Waals surface area contributed by atoms with Crippen LogP contribution in [0.3, 0.4) is 0 Å². The Labute approximate surface area is 181 Å². The van der Waals surface area contributed by atoms with Gasteiger partial charge in [-0.15, -0.1) is 11.3 Å². The van der Waals surface area contributed by atoms with Crippen molar-refractivity contribution < 1.29 is 0 Å². The number of fused-ring (bicyclic) bond motifs is 2. The minimum atomic E-state index is 0.603. The van der Waals surface area contributed by atoms with Gasteiger partial charge in [0.1, 0.15) is 5.69 Å². The lowest BCUT2D eigenvalue weighted by Gasteiger charge is -2.02. The van der Waals surface area contributed by atoms with Crippen LogP contribution in [0, 0.1) is 6.92 Å². The fraction of sp³-hybridized carbons (Fsp3) is 0.0435. The molecule has 0 radical (unpaired) electrons. The van der Waals surface area contributed by atoms with Gasteiger partial charge < -0.3 is 10.7 Å². The SMILES string of the molecule is Cc1ccc(-c2cncc3[nH]c(-c4n[nH]c5cnc(-c6cncc(N)c6)cc45)cc23)s1. The van der Waals surface area contributed by atoms with E-state index in [2.05, 4.69) is 55.3 Å². The largest absolute Gasteiger partial charge is 0.397 e. The smallest absolute Gasteiger partial charge is 0.116 e. The van der Waals surface area contributed by atoms with Crippen LogP contribution in [0.4, 0.5) is 5.69 Å².